The number of nitrogens with one attached hydrogen (secondary N) is 1. The highest BCUT2D eigenvalue weighted by atomic mass is 35.5. The molecule has 0 aliphatic heterocycles. The van der Waals surface area contributed by atoms with Crippen molar-refractivity contribution in [3.63, 3.8) is 0 Å². The second kappa shape index (κ2) is 6.15. The molecule has 2 rings (SSSR count). The van der Waals surface area contributed by atoms with Gasteiger partial charge in [-0.2, -0.15) is 0 Å². The molecule has 3 nitrogen and oxygen atoms in total. The summed E-state index contributed by atoms with van der Waals surface area (Å²) in [7, 11) is 0. The normalized spacial score (nSPS) is 19.8. The molecular weight excluding hydrogens is 272 g/mol. The standard InChI is InChI=1S/C16H23ClN2O/c1-11(12(2)18)15(20)19-10-16(8-3-9-16)13-4-6-14(17)7-5-13/h4-7,11-12H,3,8-10,18H2,1-2H3,(H,19,20). The van der Waals surface area contributed by atoms with Crippen LogP contribution in [0.1, 0.15) is 38.7 Å². The topological polar surface area (TPSA) is 55.1 Å². The Balaban J connectivity index is 2.02. The lowest BCUT2D eigenvalue weighted by atomic mass is 9.64. The number of benzene rings is 1. The Hall–Kier alpha value is -1.06. The summed E-state index contributed by atoms with van der Waals surface area (Å²) in [4.78, 5) is 12.0. The fourth-order valence-electron chi connectivity index (χ4n) is 2.63. The van der Waals surface area contributed by atoms with Crippen LogP contribution in [0.2, 0.25) is 5.02 Å². The van der Waals surface area contributed by atoms with Crippen LogP contribution in [0, 0.1) is 5.92 Å². The first-order valence-electron chi connectivity index (χ1n) is 7.24. The molecule has 0 saturated heterocycles. The van der Waals surface area contributed by atoms with Crippen LogP contribution in [0.3, 0.4) is 0 Å². The number of halogens is 1. The van der Waals surface area contributed by atoms with Crippen LogP contribution in [-0.4, -0.2) is 18.5 Å². The zero-order valence-electron chi connectivity index (χ0n) is 12.2. The van der Waals surface area contributed by atoms with Crippen molar-refractivity contribution in [2.75, 3.05) is 6.54 Å². The lowest BCUT2D eigenvalue weighted by Crippen LogP contribution is -2.48. The lowest BCUT2D eigenvalue weighted by molar-refractivity contribution is -0.125. The van der Waals surface area contributed by atoms with Crippen molar-refractivity contribution in [1.82, 2.24) is 5.32 Å². The molecule has 1 amide bonds. The van der Waals surface area contributed by atoms with Crippen LogP contribution in [0.25, 0.3) is 0 Å². The summed E-state index contributed by atoms with van der Waals surface area (Å²) in [6, 6.07) is 7.86. The number of carbonyl (C=O) groups excluding carboxylic acids is 1. The highest BCUT2D eigenvalue weighted by molar-refractivity contribution is 6.30. The lowest BCUT2D eigenvalue weighted by Gasteiger charge is -2.43. The minimum atomic E-state index is -0.155. The third kappa shape index (κ3) is 3.15. The third-order valence-electron chi connectivity index (χ3n) is 4.57. The van der Waals surface area contributed by atoms with Gasteiger partial charge < -0.3 is 11.1 Å². The summed E-state index contributed by atoms with van der Waals surface area (Å²) in [6.07, 6.45) is 3.43. The molecule has 1 saturated carbocycles. The van der Waals surface area contributed by atoms with Crippen LogP contribution in [0.4, 0.5) is 0 Å². The first-order valence-corrected chi connectivity index (χ1v) is 7.62. The Labute approximate surface area is 125 Å². The van der Waals surface area contributed by atoms with Crippen molar-refractivity contribution in [3.05, 3.63) is 34.9 Å². The minimum Gasteiger partial charge on any atom is -0.355 e. The molecule has 1 aromatic carbocycles. The van der Waals surface area contributed by atoms with Crippen molar-refractivity contribution < 1.29 is 4.79 Å². The average molecular weight is 295 g/mol. The second-order valence-corrected chi connectivity index (χ2v) is 6.44. The molecule has 1 aromatic rings. The molecule has 1 fully saturated rings. The summed E-state index contributed by atoms with van der Waals surface area (Å²) >= 11 is 5.94. The van der Waals surface area contributed by atoms with Gasteiger partial charge in [0, 0.05) is 28.9 Å². The Bertz CT molecular complexity index is 466. The predicted molar refractivity (Wildman–Crippen MR) is 82.8 cm³/mol. The zero-order chi connectivity index (χ0) is 14.8. The summed E-state index contributed by atoms with van der Waals surface area (Å²) in [5, 5.41) is 3.82. The van der Waals surface area contributed by atoms with Crippen LogP contribution < -0.4 is 11.1 Å². The maximum atomic E-state index is 12.0. The van der Waals surface area contributed by atoms with Crippen LogP contribution >= 0.6 is 11.6 Å². The summed E-state index contributed by atoms with van der Waals surface area (Å²) in [6.45, 7) is 4.42. The summed E-state index contributed by atoms with van der Waals surface area (Å²) < 4.78 is 0. The number of amides is 1. The largest absolute Gasteiger partial charge is 0.355 e. The molecule has 2 unspecified atom stereocenters. The molecule has 4 heteroatoms. The Morgan fingerprint density at radius 1 is 1.35 bits per heavy atom. The third-order valence-corrected chi connectivity index (χ3v) is 4.82. The van der Waals surface area contributed by atoms with E-state index < -0.39 is 0 Å². The fourth-order valence-corrected chi connectivity index (χ4v) is 2.76. The molecule has 2 atom stereocenters. The molecule has 20 heavy (non-hydrogen) atoms. The van der Waals surface area contributed by atoms with Gasteiger partial charge in [-0.1, -0.05) is 37.1 Å². The van der Waals surface area contributed by atoms with E-state index in [1.165, 1.54) is 12.0 Å². The van der Waals surface area contributed by atoms with E-state index in [2.05, 4.69) is 17.4 Å². The number of rotatable bonds is 5. The molecule has 0 radical (unpaired) electrons. The van der Waals surface area contributed by atoms with Crippen LogP contribution in [-0.2, 0) is 10.2 Å². The second-order valence-electron chi connectivity index (χ2n) is 6.01. The Morgan fingerprint density at radius 2 is 1.95 bits per heavy atom. The molecule has 0 bridgehead atoms. The highest BCUT2D eigenvalue weighted by Gasteiger charge is 2.39. The van der Waals surface area contributed by atoms with Crippen LogP contribution in [0.15, 0.2) is 24.3 Å². The van der Waals surface area contributed by atoms with Gasteiger partial charge in [0.05, 0.1) is 0 Å². The monoisotopic (exact) mass is 294 g/mol. The first-order chi connectivity index (χ1) is 9.44. The average Bonchev–Trinajstić information content (AvgIpc) is 2.38. The maximum absolute atomic E-state index is 12.0. The number of carbonyl (C=O) groups is 1. The number of nitrogens with two attached hydrogens (primary N) is 1. The van der Waals surface area contributed by atoms with E-state index in [-0.39, 0.29) is 23.3 Å². The van der Waals surface area contributed by atoms with Crippen molar-refractivity contribution in [2.24, 2.45) is 11.7 Å². The van der Waals surface area contributed by atoms with Gasteiger partial charge in [0.1, 0.15) is 0 Å². The van der Waals surface area contributed by atoms with E-state index in [1.807, 2.05) is 26.0 Å². The molecule has 3 N–H and O–H groups in total. The Morgan fingerprint density at radius 3 is 2.40 bits per heavy atom. The molecule has 0 aromatic heterocycles. The van der Waals surface area contributed by atoms with Gasteiger partial charge in [0.25, 0.3) is 0 Å². The summed E-state index contributed by atoms with van der Waals surface area (Å²) in [5.74, 6) is -0.113. The SMILES string of the molecule is CC(N)C(C)C(=O)NCC1(c2ccc(Cl)cc2)CCC1. The first kappa shape index (κ1) is 15.3. The molecule has 1 aliphatic carbocycles. The van der Waals surface area contributed by atoms with Crippen molar-refractivity contribution in [3.8, 4) is 0 Å². The van der Waals surface area contributed by atoms with E-state index in [1.54, 1.807) is 0 Å². The predicted octanol–water partition coefficient (Wildman–Crippen LogP) is 2.86. The number of hydrogen-bond acceptors (Lipinski definition) is 2. The van der Waals surface area contributed by atoms with Gasteiger partial charge >= 0.3 is 0 Å². The summed E-state index contributed by atoms with van der Waals surface area (Å²) in [5.41, 5.74) is 7.12. The van der Waals surface area contributed by atoms with Gasteiger partial charge in [-0.15, -0.1) is 0 Å². The van der Waals surface area contributed by atoms with E-state index >= 15 is 0 Å². The van der Waals surface area contributed by atoms with Crippen molar-refractivity contribution in [2.45, 2.75) is 44.6 Å². The van der Waals surface area contributed by atoms with E-state index in [0.29, 0.717) is 6.54 Å². The molecule has 1 aliphatic rings. The zero-order valence-corrected chi connectivity index (χ0v) is 12.9. The van der Waals surface area contributed by atoms with Gasteiger partial charge in [-0.3, -0.25) is 4.79 Å². The van der Waals surface area contributed by atoms with E-state index in [9.17, 15) is 4.79 Å². The number of hydrogen-bond donors (Lipinski definition) is 2. The molecule has 0 spiro atoms. The van der Waals surface area contributed by atoms with Gasteiger partial charge in [-0.05, 0) is 37.5 Å². The van der Waals surface area contributed by atoms with Crippen molar-refractivity contribution in [1.29, 1.82) is 0 Å². The molecular formula is C16H23ClN2O. The van der Waals surface area contributed by atoms with Crippen molar-refractivity contribution >= 4 is 17.5 Å². The van der Waals surface area contributed by atoms with E-state index in [0.717, 1.165) is 17.9 Å². The quantitative estimate of drug-likeness (QED) is 0.877. The van der Waals surface area contributed by atoms with Gasteiger partial charge in [0.2, 0.25) is 5.91 Å². The minimum absolute atomic E-state index is 0.0419. The molecule has 110 valence electrons. The highest BCUT2D eigenvalue weighted by Crippen LogP contribution is 2.43. The Kier molecular flexibility index (Phi) is 4.71. The smallest absolute Gasteiger partial charge is 0.224 e. The molecule has 0 heterocycles. The van der Waals surface area contributed by atoms with Crippen LogP contribution in [0.5, 0.6) is 0 Å². The maximum Gasteiger partial charge on any atom is 0.224 e. The van der Waals surface area contributed by atoms with E-state index in [4.69, 9.17) is 17.3 Å². The van der Waals surface area contributed by atoms with Gasteiger partial charge in [-0.25, -0.2) is 0 Å². The van der Waals surface area contributed by atoms with Gasteiger partial charge in [0.15, 0.2) is 0 Å². The fraction of sp³-hybridized carbons (Fsp3) is 0.562.